The molecule has 1 N–H and O–H groups in total. The highest BCUT2D eigenvalue weighted by Gasteiger charge is 2.07. The van der Waals surface area contributed by atoms with Crippen LogP contribution in [0.15, 0.2) is 41.6 Å². The Hall–Kier alpha value is -1.91. The molecule has 0 bridgehead atoms. The second-order valence-corrected chi connectivity index (χ2v) is 5.24. The summed E-state index contributed by atoms with van der Waals surface area (Å²) in [7, 11) is 0. The zero-order valence-corrected chi connectivity index (χ0v) is 13.4. The number of rotatable bonds is 6. The molecular weight excluding hydrogens is 325 g/mol. The molecule has 4 nitrogen and oxygen atoms in total. The van der Waals surface area contributed by atoms with Crippen molar-refractivity contribution >= 4 is 29.4 Å². The van der Waals surface area contributed by atoms with Crippen LogP contribution in [0.4, 0.5) is 0 Å². The Bertz CT molecular complexity index is 674. The molecule has 0 saturated carbocycles. The molecule has 0 aliphatic carbocycles. The van der Waals surface area contributed by atoms with Crippen molar-refractivity contribution in [2.75, 3.05) is 6.61 Å². The van der Waals surface area contributed by atoms with Crippen LogP contribution in [0.2, 0.25) is 10.0 Å². The van der Waals surface area contributed by atoms with E-state index >= 15 is 0 Å². The first-order valence-corrected chi connectivity index (χ1v) is 7.40. The van der Waals surface area contributed by atoms with Gasteiger partial charge in [0.1, 0.15) is 6.61 Å². The molecule has 2 aromatic carbocycles. The van der Waals surface area contributed by atoms with Crippen LogP contribution in [0.3, 0.4) is 0 Å². The monoisotopic (exact) mass is 339 g/mol. The number of hydrogen-bond donors (Lipinski definition) is 1. The Morgan fingerprint density at radius 2 is 1.86 bits per heavy atom. The summed E-state index contributed by atoms with van der Waals surface area (Å²) in [5.41, 5.74) is 1.62. The van der Waals surface area contributed by atoms with Crippen LogP contribution in [-0.4, -0.2) is 18.0 Å². The minimum absolute atomic E-state index is 0.338. The third-order valence-corrected chi connectivity index (χ3v) is 3.59. The maximum atomic E-state index is 8.58. The van der Waals surface area contributed by atoms with Crippen LogP contribution in [0.5, 0.6) is 11.5 Å². The van der Waals surface area contributed by atoms with E-state index in [1.54, 1.807) is 30.3 Å². The summed E-state index contributed by atoms with van der Waals surface area (Å²) in [4.78, 5) is 0. The first kappa shape index (κ1) is 16.5. The van der Waals surface area contributed by atoms with Crippen molar-refractivity contribution in [2.45, 2.75) is 13.5 Å². The molecule has 0 radical (unpaired) electrons. The van der Waals surface area contributed by atoms with E-state index in [-0.39, 0.29) is 0 Å². The van der Waals surface area contributed by atoms with Crippen molar-refractivity contribution < 1.29 is 14.7 Å². The van der Waals surface area contributed by atoms with Crippen LogP contribution in [0.25, 0.3) is 0 Å². The minimum atomic E-state index is 0.338. The van der Waals surface area contributed by atoms with Gasteiger partial charge in [-0.2, -0.15) is 0 Å². The molecule has 116 valence electrons. The average Bonchev–Trinajstić information content (AvgIpc) is 2.50. The van der Waals surface area contributed by atoms with Crippen molar-refractivity contribution in [3.05, 3.63) is 57.6 Å². The lowest BCUT2D eigenvalue weighted by Gasteiger charge is -2.13. The summed E-state index contributed by atoms with van der Waals surface area (Å²) in [5.74, 6) is 1.18. The number of halogens is 2. The van der Waals surface area contributed by atoms with E-state index in [0.717, 1.165) is 5.56 Å². The lowest BCUT2D eigenvalue weighted by molar-refractivity contribution is 0.269. The summed E-state index contributed by atoms with van der Waals surface area (Å²) in [5, 5.41) is 12.6. The predicted octanol–water partition coefficient (Wildman–Crippen LogP) is 4.78. The van der Waals surface area contributed by atoms with Crippen molar-refractivity contribution in [2.24, 2.45) is 5.16 Å². The van der Waals surface area contributed by atoms with Gasteiger partial charge in [-0.15, -0.1) is 0 Å². The summed E-state index contributed by atoms with van der Waals surface area (Å²) >= 11 is 11.9. The Morgan fingerprint density at radius 1 is 1.05 bits per heavy atom. The van der Waals surface area contributed by atoms with Gasteiger partial charge in [0.2, 0.25) is 0 Å². The Morgan fingerprint density at radius 3 is 2.55 bits per heavy atom. The smallest absolute Gasteiger partial charge is 0.161 e. The van der Waals surface area contributed by atoms with E-state index in [9.17, 15) is 0 Å². The fourth-order valence-corrected chi connectivity index (χ4v) is 2.17. The zero-order chi connectivity index (χ0) is 15.9. The topological polar surface area (TPSA) is 51.0 Å². The molecule has 0 unspecified atom stereocenters. The largest absolute Gasteiger partial charge is 0.490 e. The third-order valence-electron chi connectivity index (χ3n) is 2.85. The van der Waals surface area contributed by atoms with Gasteiger partial charge in [-0.3, -0.25) is 0 Å². The first-order valence-electron chi connectivity index (χ1n) is 6.65. The molecule has 0 aromatic heterocycles. The maximum Gasteiger partial charge on any atom is 0.161 e. The van der Waals surface area contributed by atoms with E-state index in [2.05, 4.69) is 5.16 Å². The highest BCUT2D eigenvalue weighted by molar-refractivity contribution is 6.42. The number of oxime groups is 1. The van der Waals surface area contributed by atoms with Crippen LogP contribution in [0, 0.1) is 0 Å². The fourth-order valence-electron chi connectivity index (χ4n) is 1.85. The van der Waals surface area contributed by atoms with Gasteiger partial charge in [0, 0.05) is 5.56 Å². The van der Waals surface area contributed by atoms with Gasteiger partial charge in [0.25, 0.3) is 0 Å². The minimum Gasteiger partial charge on any atom is -0.490 e. The quantitative estimate of drug-likeness (QED) is 0.468. The van der Waals surface area contributed by atoms with E-state index in [4.69, 9.17) is 37.9 Å². The van der Waals surface area contributed by atoms with Gasteiger partial charge >= 0.3 is 0 Å². The van der Waals surface area contributed by atoms with E-state index in [1.807, 2.05) is 13.0 Å². The molecule has 0 spiro atoms. The van der Waals surface area contributed by atoms with Crippen molar-refractivity contribution in [3.8, 4) is 11.5 Å². The Balaban J connectivity index is 2.15. The second-order valence-electron chi connectivity index (χ2n) is 4.42. The van der Waals surface area contributed by atoms with E-state index < -0.39 is 0 Å². The highest BCUT2D eigenvalue weighted by atomic mass is 35.5. The summed E-state index contributed by atoms with van der Waals surface area (Å²) in [6.07, 6.45) is 1.32. The van der Waals surface area contributed by atoms with Gasteiger partial charge in [0.15, 0.2) is 11.5 Å². The molecule has 2 rings (SSSR count). The molecule has 0 atom stereocenters. The summed E-state index contributed by atoms with van der Waals surface area (Å²) in [6.45, 7) is 2.73. The number of hydrogen-bond acceptors (Lipinski definition) is 4. The number of nitrogens with zero attached hydrogens (tertiary/aromatic N) is 1. The number of ether oxygens (including phenoxy) is 2. The predicted molar refractivity (Wildman–Crippen MR) is 87.8 cm³/mol. The van der Waals surface area contributed by atoms with Gasteiger partial charge in [0.05, 0.1) is 22.9 Å². The molecule has 0 fully saturated rings. The normalized spacial score (nSPS) is 10.9. The van der Waals surface area contributed by atoms with Crippen LogP contribution >= 0.6 is 23.2 Å². The lowest BCUT2D eigenvalue weighted by Crippen LogP contribution is -2.00. The molecule has 0 saturated heterocycles. The number of benzene rings is 2. The van der Waals surface area contributed by atoms with E-state index in [0.29, 0.717) is 40.3 Å². The van der Waals surface area contributed by atoms with Crippen LogP contribution in [-0.2, 0) is 6.61 Å². The molecule has 0 heterocycles. The van der Waals surface area contributed by atoms with Gasteiger partial charge in [-0.1, -0.05) is 34.4 Å². The summed E-state index contributed by atoms with van der Waals surface area (Å²) < 4.78 is 11.3. The average molecular weight is 340 g/mol. The molecule has 22 heavy (non-hydrogen) atoms. The van der Waals surface area contributed by atoms with Crippen LogP contribution in [0.1, 0.15) is 18.1 Å². The van der Waals surface area contributed by atoms with Crippen molar-refractivity contribution in [1.82, 2.24) is 0 Å². The fraction of sp³-hybridized carbons (Fsp3) is 0.188. The van der Waals surface area contributed by atoms with Crippen LogP contribution < -0.4 is 9.47 Å². The third kappa shape index (κ3) is 4.29. The van der Waals surface area contributed by atoms with Gasteiger partial charge < -0.3 is 14.7 Å². The Labute approximate surface area is 138 Å². The second kappa shape index (κ2) is 7.92. The Kier molecular flexibility index (Phi) is 5.92. The molecule has 0 aliphatic rings. The zero-order valence-electron chi connectivity index (χ0n) is 11.9. The van der Waals surface area contributed by atoms with E-state index in [1.165, 1.54) is 6.21 Å². The first-order chi connectivity index (χ1) is 10.6. The maximum absolute atomic E-state index is 8.58. The molecular formula is C16H15Cl2NO3. The molecule has 0 aliphatic heterocycles. The SMILES string of the molecule is CCOc1cc(C=NO)ccc1OCc1ccc(Cl)c(Cl)c1. The lowest BCUT2D eigenvalue weighted by atomic mass is 10.2. The van der Waals surface area contributed by atoms with Gasteiger partial charge in [-0.05, 0) is 42.8 Å². The standard InChI is InChI=1S/C16H15Cl2NO3/c1-2-21-16-8-11(9-19-20)4-6-15(16)22-10-12-3-5-13(17)14(18)7-12/h3-9,20H,2,10H2,1H3. The molecule has 2 aromatic rings. The highest BCUT2D eigenvalue weighted by Crippen LogP contribution is 2.29. The van der Waals surface area contributed by atoms with Crippen molar-refractivity contribution in [3.63, 3.8) is 0 Å². The molecule has 0 amide bonds. The van der Waals surface area contributed by atoms with Gasteiger partial charge in [-0.25, -0.2) is 0 Å². The molecule has 6 heteroatoms. The van der Waals surface area contributed by atoms with Crippen molar-refractivity contribution in [1.29, 1.82) is 0 Å². The summed E-state index contributed by atoms with van der Waals surface area (Å²) in [6, 6.07) is 10.6.